The van der Waals surface area contributed by atoms with E-state index in [2.05, 4.69) is 0 Å². The molecule has 0 aromatic rings. The van der Waals surface area contributed by atoms with E-state index in [0.717, 1.165) is 0 Å². The van der Waals surface area contributed by atoms with Gasteiger partial charge in [0, 0.05) is 0 Å². The molecule has 0 saturated carbocycles. The molecule has 0 amide bonds. The van der Waals surface area contributed by atoms with Crippen LogP contribution in [0, 0.1) is 0 Å². The van der Waals surface area contributed by atoms with Crippen molar-refractivity contribution in [2.45, 2.75) is 79.1 Å². The molecule has 0 aromatic carbocycles. The third-order valence-electron chi connectivity index (χ3n) is 1.16. The second kappa shape index (κ2) is 5.10. The third-order valence-corrected chi connectivity index (χ3v) is 4.77. The van der Waals surface area contributed by atoms with Crippen LogP contribution in [0.4, 0.5) is 0 Å². The summed E-state index contributed by atoms with van der Waals surface area (Å²) in [5.41, 5.74) is -1.69. The van der Waals surface area contributed by atoms with Gasteiger partial charge >= 0.3 is 109 Å². The molecule has 0 atom stereocenters. The summed E-state index contributed by atoms with van der Waals surface area (Å²) >= 11 is -4.29. The van der Waals surface area contributed by atoms with Crippen LogP contribution in [-0.4, -0.2) is 16.8 Å². The van der Waals surface area contributed by atoms with Crippen molar-refractivity contribution in [3.8, 4) is 0 Å². The van der Waals surface area contributed by atoms with Gasteiger partial charge in [-0.2, -0.15) is 0 Å². The summed E-state index contributed by atoms with van der Waals surface area (Å²) in [6.07, 6.45) is 0. The average Bonchev–Trinajstić information content (AvgIpc) is 1.65. The van der Waals surface area contributed by atoms with E-state index < -0.39 is 31.8 Å². The fourth-order valence-corrected chi connectivity index (χ4v) is 4.38. The van der Waals surface area contributed by atoms with Gasteiger partial charge in [0.25, 0.3) is 0 Å². The summed E-state index contributed by atoms with van der Waals surface area (Å²) in [6.45, 7) is 16.5. The van der Waals surface area contributed by atoms with E-state index in [0.29, 0.717) is 0 Å². The van der Waals surface area contributed by atoms with Gasteiger partial charge < -0.3 is 0 Å². The van der Waals surface area contributed by atoms with E-state index in [4.69, 9.17) is 11.0 Å². The van der Waals surface area contributed by atoms with Gasteiger partial charge in [-0.25, -0.2) is 0 Å². The molecule has 0 N–H and O–H groups in total. The minimum absolute atomic E-state index is 0.564. The number of hydrogen-bond donors (Lipinski definition) is 0. The SMILES string of the molecule is CC(C)(C)[O][V](=[O])([O]C(C)(C)C)[O]C(C)(C)C. The van der Waals surface area contributed by atoms with E-state index in [1.807, 2.05) is 62.3 Å². The Morgan fingerprint density at radius 3 is 0.882 bits per heavy atom. The Bertz CT molecular complexity index is 244. The van der Waals surface area contributed by atoms with Gasteiger partial charge in [-0.15, -0.1) is 0 Å². The first kappa shape index (κ1) is 17.3. The number of hydrogen-bond acceptors (Lipinski definition) is 4. The molecule has 4 nitrogen and oxygen atoms in total. The quantitative estimate of drug-likeness (QED) is 0.794. The molecule has 0 spiro atoms. The molecule has 0 radical (unpaired) electrons. The predicted octanol–water partition coefficient (Wildman–Crippen LogP) is 3.68. The topological polar surface area (TPSA) is 44.8 Å². The Morgan fingerprint density at radius 2 is 0.765 bits per heavy atom. The molecule has 0 saturated heterocycles. The van der Waals surface area contributed by atoms with Gasteiger partial charge in [-0.3, -0.25) is 0 Å². The second-order valence-electron chi connectivity index (χ2n) is 7.06. The summed E-state index contributed by atoms with van der Waals surface area (Å²) < 4.78 is 29.3. The van der Waals surface area contributed by atoms with Gasteiger partial charge in [0.15, 0.2) is 0 Å². The zero-order valence-corrected chi connectivity index (χ0v) is 14.0. The Morgan fingerprint density at radius 1 is 0.588 bits per heavy atom. The van der Waals surface area contributed by atoms with Crippen LogP contribution in [0.1, 0.15) is 62.3 Å². The van der Waals surface area contributed by atoms with Crippen molar-refractivity contribution in [1.29, 1.82) is 0 Å². The molecule has 0 aromatic heterocycles. The molecule has 0 fully saturated rings. The Labute approximate surface area is 109 Å². The molecule has 0 aliphatic rings. The van der Waals surface area contributed by atoms with E-state index >= 15 is 0 Å². The average molecular weight is 286 g/mol. The molecule has 0 heterocycles. The van der Waals surface area contributed by atoms with Crippen LogP contribution in [0.3, 0.4) is 0 Å². The fourth-order valence-electron chi connectivity index (χ4n) is 1.06. The van der Waals surface area contributed by atoms with Crippen molar-refractivity contribution >= 4 is 0 Å². The van der Waals surface area contributed by atoms with Gasteiger partial charge in [-0.1, -0.05) is 0 Å². The molecule has 5 heteroatoms. The standard InChI is InChI=1S/3C4H9O.O.V/c3*1-4(2,3)5;;/h3*1-3H3;;/q3*-1;;+3. The van der Waals surface area contributed by atoms with Crippen LogP contribution in [0.2, 0.25) is 0 Å². The van der Waals surface area contributed by atoms with Crippen molar-refractivity contribution in [1.82, 2.24) is 0 Å². The van der Waals surface area contributed by atoms with Crippen LogP contribution < -0.4 is 0 Å². The van der Waals surface area contributed by atoms with Crippen LogP contribution in [-0.2, 0) is 29.7 Å². The molecule has 0 unspecified atom stereocenters. The molecule has 104 valence electrons. The summed E-state index contributed by atoms with van der Waals surface area (Å²) in [5, 5.41) is 0. The van der Waals surface area contributed by atoms with Crippen molar-refractivity contribution in [2.24, 2.45) is 0 Å². The third kappa shape index (κ3) is 9.92. The second-order valence-corrected chi connectivity index (χ2v) is 9.31. The fraction of sp³-hybridized carbons (Fsp3) is 1.00. The van der Waals surface area contributed by atoms with Crippen molar-refractivity contribution in [3.05, 3.63) is 0 Å². The molecule has 0 aliphatic carbocycles. The summed E-state index contributed by atoms with van der Waals surface area (Å²) in [6, 6.07) is 0. The Balaban J connectivity index is 5.03. The summed E-state index contributed by atoms with van der Waals surface area (Å²) in [7, 11) is 0. The van der Waals surface area contributed by atoms with Crippen molar-refractivity contribution in [3.63, 3.8) is 0 Å². The van der Waals surface area contributed by atoms with E-state index in [1.54, 1.807) is 0 Å². The van der Waals surface area contributed by atoms with E-state index in [1.165, 1.54) is 0 Å². The van der Waals surface area contributed by atoms with Crippen LogP contribution in [0.15, 0.2) is 0 Å². The van der Waals surface area contributed by atoms with Gasteiger partial charge in [0.1, 0.15) is 0 Å². The monoisotopic (exact) mass is 286 g/mol. The molecule has 0 bridgehead atoms. The van der Waals surface area contributed by atoms with E-state index in [9.17, 15) is 3.67 Å². The van der Waals surface area contributed by atoms with Crippen molar-refractivity contribution < 1.29 is 29.7 Å². The van der Waals surface area contributed by atoms with Crippen LogP contribution in [0.5, 0.6) is 0 Å². The first-order valence-corrected chi connectivity index (χ1v) is 8.12. The number of rotatable bonds is 3. The molecule has 17 heavy (non-hydrogen) atoms. The maximum atomic E-state index is 12.7. The van der Waals surface area contributed by atoms with Gasteiger partial charge in [0.2, 0.25) is 0 Å². The molecular weight excluding hydrogens is 259 g/mol. The Hall–Kier alpha value is 0.264. The first-order valence-electron chi connectivity index (χ1n) is 5.84. The summed E-state index contributed by atoms with van der Waals surface area (Å²) in [5.74, 6) is 0. The summed E-state index contributed by atoms with van der Waals surface area (Å²) in [4.78, 5) is 0. The molecule has 0 aliphatic heterocycles. The normalized spacial score (nSPS) is 15.1. The van der Waals surface area contributed by atoms with Crippen molar-refractivity contribution in [2.75, 3.05) is 0 Å². The predicted molar refractivity (Wildman–Crippen MR) is 63.2 cm³/mol. The zero-order valence-electron chi connectivity index (χ0n) is 12.6. The van der Waals surface area contributed by atoms with Gasteiger partial charge in [0.05, 0.1) is 0 Å². The van der Waals surface area contributed by atoms with Crippen LogP contribution >= 0.6 is 0 Å². The maximum absolute atomic E-state index is 12.7. The molecule has 0 rings (SSSR count). The van der Waals surface area contributed by atoms with Crippen LogP contribution in [0.25, 0.3) is 0 Å². The van der Waals surface area contributed by atoms with E-state index in [-0.39, 0.29) is 0 Å². The van der Waals surface area contributed by atoms with Gasteiger partial charge in [-0.05, 0) is 0 Å². The molecular formula is C12H27O4V. The Kier molecular flexibility index (Phi) is 5.18. The minimum atomic E-state index is -4.29. The zero-order chi connectivity index (χ0) is 14.1. The first-order chi connectivity index (χ1) is 7.12.